The van der Waals surface area contributed by atoms with E-state index < -0.39 is 33.6 Å². The van der Waals surface area contributed by atoms with E-state index in [0.29, 0.717) is 29.6 Å². The number of anilines is 1. The zero-order valence-electron chi connectivity index (χ0n) is 19.4. The molecule has 2 aromatic carbocycles. The standard InChI is InChI=1S/C24H27N3O6S/c1-5-27(6-2)34(31,32)21-13-17(12-11-15(21)3)25-23(29)16(4)33-24(30)19-14-22(28)26-20-10-8-7-9-18(19)20/h7-14,16H,5-6H2,1-4H3,(H,25,29)(H,26,28)/t16-/m0/s1. The number of carbonyl (C=O) groups excluding carboxylic acids is 2. The average Bonchev–Trinajstić information content (AvgIpc) is 2.80. The summed E-state index contributed by atoms with van der Waals surface area (Å²) >= 11 is 0. The van der Waals surface area contributed by atoms with Crippen LogP contribution in [0.3, 0.4) is 0 Å². The van der Waals surface area contributed by atoms with Crippen LogP contribution in [0.15, 0.2) is 58.2 Å². The molecule has 1 aromatic heterocycles. The molecule has 34 heavy (non-hydrogen) atoms. The Morgan fingerprint density at radius 2 is 1.76 bits per heavy atom. The highest BCUT2D eigenvalue weighted by atomic mass is 32.2. The van der Waals surface area contributed by atoms with Crippen LogP contribution in [0.5, 0.6) is 0 Å². The van der Waals surface area contributed by atoms with E-state index in [-0.39, 0.29) is 16.1 Å². The first-order chi connectivity index (χ1) is 16.1. The number of esters is 1. The maximum Gasteiger partial charge on any atom is 0.339 e. The van der Waals surface area contributed by atoms with Gasteiger partial charge in [0.2, 0.25) is 15.6 Å². The molecule has 0 spiro atoms. The first-order valence-corrected chi connectivity index (χ1v) is 12.3. The van der Waals surface area contributed by atoms with Crippen molar-refractivity contribution in [3.05, 3.63) is 70.0 Å². The van der Waals surface area contributed by atoms with Gasteiger partial charge in [0.05, 0.1) is 10.5 Å². The third-order valence-electron chi connectivity index (χ3n) is 5.40. The molecule has 0 aliphatic rings. The third kappa shape index (κ3) is 5.18. The van der Waals surface area contributed by atoms with Gasteiger partial charge in [0.15, 0.2) is 6.10 Å². The van der Waals surface area contributed by atoms with Gasteiger partial charge in [0.25, 0.3) is 5.91 Å². The Balaban J connectivity index is 1.79. The van der Waals surface area contributed by atoms with Crippen LogP contribution in [0.25, 0.3) is 10.9 Å². The maximum atomic E-state index is 12.9. The van der Waals surface area contributed by atoms with Crippen molar-refractivity contribution in [2.75, 3.05) is 18.4 Å². The largest absolute Gasteiger partial charge is 0.449 e. The molecule has 180 valence electrons. The molecule has 0 unspecified atom stereocenters. The molecule has 0 saturated carbocycles. The zero-order valence-corrected chi connectivity index (χ0v) is 20.2. The predicted octanol–water partition coefficient (Wildman–Crippen LogP) is 3.05. The lowest BCUT2D eigenvalue weighted by Crippen LogP contribution is -2.32. The first kappa shape index (κ1) is 25.1. The molecule has 0 radical (unpaired) electrons. The second-order valence-corrected chi connectivity index (χ2v) is 9.61. The van der Waals surface area contributed by atoms with E-state index in [4.69, 9.17) is 4.74 Å². The number of nitrogens with zero attached hydrogens (tertiary/aromatic N) is 1. The van der Waals surface area contributed by atoms with Crippen LogP contribution in [0, 0.1) is 6.92 Å². The lowest BCUT2D eigenvalue weighted by molar-refractivity contribution is -0.123. The van der Waals surface area contributed by atoms with Crippen LogP contribution in [-0.4, -0.2) is 48.8 Å². The van der Waals surface area contributed by atoms with E-state index in [1.165, 1.54) is 17.3 Å². The Morgan fingerprint density at radius 3 is 2.44 bits per heavy atom. The SMILES string of the molecule is CCN(CC)S(=O)(=O)c1cc(NC(=O)[C@H](C)OC(=O)c2cc(=O)[nH]c3ccccc23)ccc1C. The van der Waals surface area contributed by atoms with Gasteiger partial charge in [-0.15, -0.1) is 0 Å². The maximum absolute atomic E-state index is 12.9. The first-order valence-electron chi connectivity index (χ1n) is 10.8. The molecule has 0 bridgehead atoms. The molecule has 1 atom stereocenters. The van der Waals surface area contributed by atoms with Gasteiger partial charge in [-0.3, -0.25) is 9.59 Å². The van der Waals surface area contributed by atoms with Crippen molar-refractivity contribution in [2.45, 2.75) is 38.7 Å². The molecule has 2 N–H and O–H groups in total. The number of pyridine rings is 1. The number of carbonyl (C=O) groups is 2. The van der Waals surface area contributed by atoms with Crippen LogP contribution < -0.4 is 10.9 Å². The number of hydrogen-bond donors (Lipinski definition) is 2. The topological polar surface area (TPSA) is 126 Å². The second-order valence-electron chi connectivity index (χ2n) is 7.70. The van der Waals surface area contributed by atoms with Crippen molar-refractivity contribution in [2.24, 2.45) is 0 Å². The minimum absolute atomic E-state index is 0.0435. The van der Waals surface area contributed by atoms with Crippen LogP contribution >= 0.6 is 0 Å². The number of para-hydroxylation sites is 1. The third-order valence-corrected chi connectivity index (χ3v) is 7.59. The van der Waals surface area contributed by atoms with Gasteiger partial charge in [-0.1, -0.05) is 38.1 Å². The fourth-order valence-corrected chi connectivity index (χ4v) is 5.26. The van der Waals surface area contributed by atoms with Gasteiger partial charge in [-0.2, -0.15) is 4.31 Å². The summed E-state index contributed by atoms with van der Waals surface area (Å²) in [5.41, 5.74) is 0.850. The number of rotatable bonds is 8. The van der Waals surface area contributed by atoms with E-state index in [9.17, 15) is 22.8 Å². The molecule has 1 amide bonds. The highest BCUT2D eigenvalue weighted by Crippen LogP contribution is 2.24. The number of aryl methyl sites for hydroxylation is 1. The number of nitrogens with one attached hydrogen (secondary N) is 2. The van der Waals surface area contributed by atoms with Crippen molar-refractivity contribution >= 4 is 38.5 Å². The lowest BCUT2D eigenvalue weighted by Gasteiger charge is -2.20. The van der Waals surface area contributed by atoms with E-state index >= 15 is 0 Å². The number of sulfonamides is 1. The molecular formula is C24H27N3O6S. The summed E-state index contributed by atoms with van der Waals surface area (Å²) in [5.74, 6) is -1.46. The van der Waals surface area contributed by atoms with Gasteiger partial charge in [-0.05, 0) is 37.6 Å². The van der Waals surface area contributed by atoms with Crippen molar-refractivity contribution < 1.29 is 22.7 Å². The van der Waals surface area contributed by atoms with Crippen molar-refractivity contribution in [1.29, 1.82) is 0 Å². The minimum atomic E-state index is -3.73. The lowest BCUT2D eigenvalue weighted by atomic mass is 10.1. The molecular weight excluding hydrogens is 458 g/mol. The van der Waals surface area contributed by atoms with Gasteiger partial charge in [-0.25, -0.2) is 13.2 Å². The van der Waals surface area contributed by atoms with E-state index in [1.807, 2.05) is 0 Å². The average molecular weight is 486 g/mol. The number of hydrogen-bond acceptors (Lipinski definition) is 6. The van der Waals surface area contributed by atoms with E-state index in [0.717, 1.165) is 6.07 Å². The fourth-order valence-electron chi connectivity index (χ4n) is 3.55. The molecule has 0 fully saturated rings. The number of H-pyrrole nitrogens is 1. The molecule has 1 heterocycles. The summed E-state index contributed by atoms with van der Waals surface area (Å²) in [5, 5.41) is 3.08. The summed E-state index contributed by atoms with van der Waals surface area (Å²) in [7, 11) is -3.73. The highest BCUT2D eigenvalue weighted by molar-refractivity contribution is 7.89. The zero-order chi connectivity index (χ0) is 25.0. The summed E-state index contributed by atoms with van der Waals surface area (Å²) in [4.78, 5) is 40.0. The molecule has 3 rings (SSSR count). The fraction of sp³-hybridized carbons (Fsp3) is 0.292. The molecule has 0 saturated heterocycles. The minimum Gasteiger partial charge on any atom is -0.449 e. The predicted molar refractivity (Wildman–Crippen MR) is 129 cm³/mol. The second kappa shape index (κ2) is 10.2. The number of fused-ring (bicyclic) bond motifs is 1. The number of ether oxygens (including phenoxy) is 1. The number of aromatic nitrogens is 1. The summed E-state index contributed by atoms with van der Waals surface area (Å²) < 4.78 is 32.5. The van der Waals surface area contributed by atoms with Crippen molar-refractivity contribution in [3.8, 4) is 0 Å². The monoisotopic (exact) mass is 485 g/mol. The molecule has 0 aliphatic carbocycles. The Hall–Kier alpha value is -3.50. The Morgan fingerprint density at radius 1 is 1.09 bits per heavy atom. The molecule has 9 nitrogen and oxygen atoms in total. The molecule has 10 heteroatoms. The van der Waals surface area contributed by atoms with Crippen molar-refractivity contribution in [1.82, 2.24) is 9.29 Å². The van der Waals surface area contributed by atoms with Gasteiger partial charge >= 0.3 is 5.97 Å². The Kier molecular flexibility index (Phi) is 7.53. The van der Waals surface area contributed by atoms with Gasteiger partial charge in [0.1, 0.15) is 0 Å². The summed E-state index contributed by atoms with van der Waals surface area (Å²) in [6.45, 7) is 7.21. The van der Waals surface area contributed by atoms with E-state index in [1.54, 1.807) is 57.2 Å². The smallest absolute Gasteiger partial charge is 0.339 e. The van der Waals surface area contributed by atoms with Crippen LogP contribution in [0.1, 0.15) is 36.7 Å². The normalized spacial score (nSPS) is 12.5. The molecule has 0 aliphatic heterocycles. The van der Waals surface area contributed by atoms with Gasteiger partial charge in [0, 0.05) is 35.7 Å². The van der Waals surface area contributed by atoms with Crippen molar-refractivity contribution in [3.63, 3.8) is 0 Å². The highest BCUT2D eigenvalue weighted by Gasteiger charge is 2.25. The number of benzene rings is 2. The Labute approximate surface area is 197 Å². The quantitative estimate of drug-likeness (QED) is 0.473. The molecule has 3 aromatic rings. The van der Waals surface area contributed by atoms with Crippen LogP contribution in [-0.2, 0) is 19.6 Å². The summed E-state index contributed by atoms with van der Waals surface area (Å²) in [6.07, 6.45) is -1.20. The summed E-state index contributed by atoms with van der Waals surface area (Å²) in [6, 6.07) is 12.5. The van der Waals surface area contributed by atoms with Gasteiger partial charge < -0.3 is 15.0 Å². The van der Waals surface area contributed by atoms with Crippen LogP contribution in [0.4, 0.5) is 5.69 Å². The number of aromatic amines is 1. The number of amides is 1. The van der Waals surface area contributed by atoms with E-state index in [2.05, 4.69) is 10.3 Å². The Bertz CT molecular complexity index is 1390. The van der Waals surface area contributed by atoms with Crippen LogP contribution in [0.2, 0.25) is 0 Å².